The average Bonchev–Trinajstić information content (AvgIpc) is 2.57. The van der Waals surface area contributed by atoms with E-state index < -0.39 is 0 Å². The first-order valence-electron chi connectivity index (χ1n) is 4.54. The van der Waals surface area contributed by atoms with Gasteiger partial charge in [0.05, 0.1) is 6.61 Å². The van der Waals surface area contributed by atoms with Crippen LogP contribution in [0.2, 0.25) is 5.02 Å². The zero-order valence-corrected chi connectivity index (χ0v) is 9.49. The third kappa shape index (κ3) is 1.92. The van der Waals surface area contributed by atoms with Gasteiger partial charge in [-0.25, -0.2) is 0 Å². The Bertz CT molecular complexity index is 436. The topological polar surface area (TPSA) is 9.23 Å². The first-order valence-corrected chi connectivity index (χ1v) is 5.80. The first kappa shape index (κ1) is 9.97. The molecule has 1 heterocycles. The van der Waals surface area contributed by atoms with Gasteiger partial charge >= 0.3 is 0 Å². The quantitative estimate of drug-likeness (QED) is 0.766. The normalized spacial score (nSPS) is 11.0. The molecule has 14 heavy (non-hydrogen) atoms. The molecule has 0 unspecified atom stereocenters. The van der Waals surface area contributed by atoms with Gasteiger partial charge in [0.15, 0.2) is 0 Å². The number of hydrogen-bond acceptors (Lipinski definition) is 2. The van der Waals surface area contributed by atoms with Crippen LogP contribution in [0.25, 0.3) is 10.1 Å². The van der Waals surface area contributed by atoms with Gasteiger partial charge in [0.25, 0.3) is 0 Å². The molecular weight excluding hydrogens is 216 g/mol. The van der Waals surface area contributed by atoms with Gasteiger partial charge < -0.3 is 4.74 Å². The lowest BCUT2D eigenvalue weighted by Crippen LogP contribution is -1.89. The van der Waals surface area contributed by atoms with Crippen LogP contribution in [0.5, 0.6) is 0 Å². The summed E-state index contributed by atoms with van der Waals surface area (Å²) in [7, 11) is 0. The molecule has 2 rings (SSSR count). The first-order chi connectivity index (χ1) is 6.81. The number of thiophene rings is 1. The second-order valence-corrected chi connectivity index (χ2v) is 4.39. The van der Waals surface area contributed by atoms with E-state index in [0.717, 1.165) is 11.6 Å². The summed E-state index contributed by atoms with van der Waals surface area (Å²) in [5, 5.41) is 4.14. The lowest BCUT2D eigenvalue weighted by atomic mass is 10.2. The Balaban J connectivity index is 2.40. The van der Waals surface area contributed by atoms with Crippen LogP contribution < -0.4 is 0 Å². The molecule has 0 aliphatic carbocycles. The summed E-state index contributed by atoms with van der Waals surface area (Å²) >= 11 is 7.68. The number of benzene rings is 1. The summed E-state index contributed by atoms with van der Waals surface area (Å²) in [6, 6.07) is 5.98. The molecule has 1 nitrogen and oxygen atoms in total. The van der Waals surface area contributed by atoms with Crippen molar-refractivity contribution in [3.63, 3.8) is 0 Å². The molecular formula is C11H11ClOS. The summed E-state index contributed by atoms with van der Waals surface area (Å²) < 4.78 is 6.66. The number of hydrogen-bond donors (Lipinski definition) is 0. The Labute approximate surface area is 92.3 Å². The van der Waals surface area contributed by atoms with Gasteiger partial charge in [-0.3, -0.25) is 0 Å². The van der Waals surface area contributed by atoms with Crippen LogP contribution in [0, 0.1) is 0 Å². The Morgan fingerprint density at radius 3 is 3.07 bits per heavy atom. The summed E-state index contributed by atoms with van der Waals surface area (Å²) in [6.07, 6.45) is 0. The van der Waals surface area contributed by atoms with Gasteiger partial charge in [0.1, 0.15) is 0 Å². The standard InChI is InChI=1S/C11H11ClOS/c1-2-13-6-8-7-14-11-4-3-9(12)5-10(8)11/h3-5,7H,2,6H2,1H3. The van der Waals surface area contributed by atoms with Crippen molar-refractivity contribution in [2.24, 2.45) is 0 Å². The van der Waals surface area contributed by atoms with Crippen molar-refractivity contribution in [3.05, 3.63) is 34.2 Å². The van der Waals surface area contributed by atoms with E-state index in [1.54, 1.807) is 11.3 Å². The molecule has 0 atom stereocenters. The molecule has 0 aliphatic rings. The second kappa shape index (κ2) is 4.30. The van der Waals surface area contributed by atoms with E-state index in [-0.39, 0.29) is 0 Å². The van der Waals surface area contributed by atoms with E-state index in [1.807, 2.05) is 19.1 Å². The molecule has 2 aromatic rings. The minimum atomic E-state index is 0.677. The van der Waals surface area contributed by atoms with Crippen LogP contribution in [0.1, 0.15) is 12.5 Å². The molecule has 0 spiro atoms. The summed E-state index contributed by atoms with van der Waals surface area (Å²) in [5.74, 6) is 0. The zero-order chi connectivity index (χ0) is 9.97. The fraction of sp³-hybridized carbons (Fsp3) is 0.273. The van der Waals surface area contributed by atoms with Crippen LogP contribution in [0.3, 0.4) is 0 Å². The molecule has 0 aliphatic heterocycles. The maximum absolute atomic E-state index is 5.95. The van der Waals surface area contributed by atoms with Gasteiger partial charge in [-0.15, -0.1) is 11.3 Å². The largest absolute Gasteiger partial charge is 0.377 e. The Kier molecular flexibility index (Phi) is 3.06. The van der Waals surface area contributed by atoms with Gasteiger partial charge in [0, 0.05) is 16.3 Å². The van der Waals surface area contributed by atoms with Crippen molar-refractivity contribution in [1.82, 2.24) is 0 Å². The number of fused-ring (bicyclic) bond motifs is 1. The molecule has 0 amide bonds. The van der Waals surface area contributed by atoms with Crippen molar-refractivity contribution in [1.29, 1.82) is 0 Å². The van der Waals surface area contributed by atoms with Crippen LogP contribution in [0.15, 0.2) is 23.6 Å². The molecule has 74 valence electrons. The minimum absolute atomic E-state index is 0.677. The Morgan fingerprint density at radius 1 is 1.43 bits per heavy atom. The Morgan fingerprint density at radius 2 is 2.29 bits per heavy atom. The summed E-state index contributed by atoms with van der Waals surface area (Å²) in [5.41, 5.74) is 1.23. The van der Waals surface area contributed by atoms with Crippen molar-refractivity contribution < 1.29 is 4.74 Å². The minimum Gasteiger partial charge on any atom is -0.377 e. The molecule has 3 heteroatoms. The van der Waals surface area contributed by atoms with Gasteiger partial charge in [-0.1, -0.05) is 11.6 Å². The molecule has 0 fully saturated rings. The van der Waals surface area contributed by atoms with Gasteiger partial charge in [-0.2, -0.15) is 0 Å². The van der Waals surface area contributed by atoms with Crippen molar-refractivity contribution in [2.75, 3.05) is 6.61 Å². The fourth-order valence-corrected chi connectivity index (χ4v) is 2.48. The number of rotatable bonds is 3. The van der Waals surface area contributed by atoms with Crippen molar-refractivity contribution in [3.8, 4) is 0 Å². The van der Waals surface area contributed by atoms with Crippen LogP contribution in [0.4, 0.5) is 0 Å². The average molecular weight is 227 g/mol. The van der Waals surface area contributed by atoms with Gasteiger partial charge in [0.2, 0.25) is 0 Å². The summed E-state index contributed by atoms with van der Waals surface area (Å²) in [6.45, 7) is 3.43. The molecule has 0 saturated carbocycles. The monoisotopic (exact) mass is 226 g/mol. The van der Waals surface area contributed by atoms with E-state index in [2.05, 4.69) is 11.4 Å². The predicted molar refractivity (Wildman–Crippen MR) is 62.2 cm³/mol. The number of halogens is 1. The Hall–Kier alpha value is -0.570. The van der Waals surface area contributed by atoms with Crippen molar-refractivity contribution in [2.45, 2.75) is 13.5 Å². The van der Waals surface area contributed by atoms with E-state index in [9.17, 15) is 0 Å². The molecule has 0 radical (unpaired) electrons. The fourth-order valence-electron chi connectivity index (χ4n) is 1.38. The lowest BCUT2D eigenvalue weighted by molar-refractivity contribution is 0.135. The highest BCUT2D eigenvalue weighted by atomic mass is 35.5. The van der Waals surface area contributed by atoms with Crippen LogP contribution in [-0.2, 0) is 11.3 Å². The maximum Gasteiger partial charge on any atom is 0.0730 e. The van der Waals surface area contributed by atoms with Gasteiger partial charge in [-0.05, 0) is 41.5 Å². The highest BCUT2D eigenvalue weighted by Crippen LogP contribution is 2.28. The van der Waals surface area contributed by atoms with E-state index in [0.29, 0.717) is 6.61 Å². The second-order valence-electron chi connectivity index (χ2n) is 3.04. The molecule has 0 saturated heterocycles. The third-order valence-corrected chi connectivity index (χ3v) is 3.32. The van der Waals surface area contributed by atoms with Crippen molar-refractivity contribution >= 4 is 33.0 Å². The zero-order valence-electron chi connectivity index (χ0n) is 7.92. The summed E-state index contributed by atoms with van der Waals surface area (Å²) in [4.78, 5) is 0. The molecule has 1 aromatic heterocycles. The van der Waals surface area contributed by atoms with Crippen LogP contribution >= 0.6 is 22.9 Å². The van der Waals surface area contributed by atoms with E-state index >= 15 is 0 Å². The predicted octanol–water partition coefficient (Wildman–Crippen LogP) is 4.09. The number of ether oxygens (including phenoxy) is 1. The highest BCUT2D eigenvalue weighted by Gasteiger charge is 2.03. The highest BCUT2D eigenvalue weighted by molar-refractivity contribution is 7.17. The molecule has 0 N–H and O–H groups in total. The lowest BCUT2D eigenvalue weighted by Gasteiger charge is -1.99. The molecule has 1 aromatic carbocycles. The third-order valence-electron chi connectivity index (χ3n) is 2.08. The smallest absolute Gasteiger partial charge is 0.0730 e. The SMILES string of the molecule is CCOCc1csc2ccc(Cl)cc12. The van der Waals surface area contributed by atoms with Crippen LogP contribution in [-0.4, -0.2) is 6.61 Å². The van der Waals surface area contributed by atoms with E-state index in [4.69, 9.17) is 16.3 Å². The maximum atomic E-state index is 5.95. The van der Waals surface area contributed by atoms with E-state index in [1.165, 1.54) is 15.6 Å². The molecule has 0 bridgehead atoms.